The molecule has 1 atom stereocenters. The summed E-state index contributed by atoms with van der Waals surface area (Å²) in [4.78, 5) is 7.47. The molecule has 8 aromatic carbocycles. The van der Waals surface area contributed by atoms with Crippen molar-refractivity contribution in [1.29, 1.82) is 0 Å². The van der Waals surface area contributed by atoms with E-state index in [1.807, 2.05) is 0 Å². The summed E-state index contributed by atoms with van der Waals surface area (Å²) in [5.74, 6) is 0.319. The van der Waals surface area contributed by atoms with Gasteiger partial charge >= 0.3 is 0 Å². The standard InChI is InChI=1S/C55H41BN4/c1-38-18-16-28-48-55(38)60(44-32-34-46-45-27-14-15-29-49(45)58(52(46)36-44)41-23-10-4-11-24-41)51-31-17-30-50-54(51)56(48)47-35-33-43(37-53(47)59(50)42-25-12-5-13-26-42)57(39-19-6-2-7-20-39)40-21-8-3-9-22-40/h2-17,19-38H,18H2,1H3. The van der Waals surface area contributed by atoms with Crippen molar-refractivity contribution < 1.29 is 0 Å². The molecule has 12 rings (SSSR count). The summed E-state index contributed by atoms with van der Waals surface area (Å²) in [7, 11) is 0. The molecule has 5 heteroatoms. The average molecular weight is 769 g/mol. The van der Waals surface area contributed by atoms with Gasteiger partial charge in [0.15, 0.2) is 0 Å². The third-order valence-electron chi connectivity index (χ3n) is 12.7. The van der Waals surface area contributed by atoms with E-state index in [1.165, 1.54) is 66.7 Å². The molecule has 1 aliphatic carbocycles. The molecular formula is C55H41BN4. The first-order chi connectivity index (χ1) is 29.7. The van der Waals surface area contributed by atoms with Crippen LogP contribution in [0, 0.1) is 5.92 Å². The topological polar surface area (TPSA) is 14.7 Å². The van der Waals surface area contributed by atoms with Crippen molar-refractivity contribution in [3.63, 3.8) is 0 Å². The Kier molecular flexibility index (Phi) is 7.95. The average Bonchev–Trinajstić information content (AvgIpc) is 3.64. The van der Waals surface area contributed by atoms with Crippen molar-refractivity contribution in [2.45, 2.75) is 13.3 Å². The molecule has 1 aromatic heterocycles. The van der Waals surface area contributed by atoms with Crippen molar-refractivity contribution in [3.8, 4) is 5.69 Å². The van der Waals surface area contributed by atoms with Gasteiger partial charge in [0.1, 0.15) is 0 Å². The zero-order valence-corrected chi connectivity index (χ0v) is 33.4. The van der Waals surface area contributed by atoms with Gasteiger partial charge in [0, 0.05) is 67.7 Å². The monoisotopic (exact) mass is 768 g/mol. The zero-order valence-electron chi connectivity index (χ0n) is 33.4. The second-order valence-electron chi connectivity index (χ2n) is 16.2. The number of hydrogen-bond acceptors (Lipinski definition) is 3. The fraction of sp³-hybridized carbons (Fsp3) is 0.0545. The minimum Gasteiger partial charge on any atom is -0.315 e. The molecular weight excluding hydrogens is 727 g/mol. The summed E-state index contributed by atoms with van der Waals surface area (Å²) >= 11 is 0. The summed E-state index contributed by atoms with van der Waals surface area (Å²) in [6.07, 6.45) is 5.83. The number of nitrogens with zero attached hydrogens (tertiary/aromatic N) is 4. The summed E-state index contributed by atoms with van der Waals surface area (Å²) in [5, 5.41) is 2.52. The number of hydrogen-bond donors (Lipinski definition) is 0. The highest BCUT2D eigenvalue weighted by molar-refractivity contribution is 6.95. The molecule has 2 aliphatic heterocycles. The van der Waals surface area contributed by atoms with Gasteiger partial charge in [0.2, 0.25) is 0 Å². The molecule has 1 unspecified atom stereocenters. The van der Waals surface area contributed by atoms with Gasteiger partial charge in [0.25, 0.3) is 6.71 Å². The Labute approximate surface area is 351 Å². The first-order valence-corrected chi connectivity index (χ1v) is 21.0. The van der Waals surface area contributed by atoms with Gasteiger partial charge in [-0.3, -0.25) is 0 Å². The Morgan fingerprint density at radius 3 is 1.82 bits per heavy atom. The van der Waals surface area contributed by atoms with Crippen molar-refractivity contribution in [2.75, 3.05) is 14.7 Å². The lowest BCUT2D eigenvalue weighted by atomic mass is 9.32. The summed E-state index contributed by atoms with van der Waals surface area (Å²) in [5.41, 5.74) is 18.3. The Morgan fingerprint density at radius 2 is 1.10 bits per heavy atom. The lowest BCUT2D eigenvalue weighted by Crippen LogP contribution is -2.56. The molecule has 0 amide bonds. The van der Waals surface area contributed by atoms with Crippen LogP contribution in [0.2, 0.25) is 0 Å². The molecule has 0 saturated heterocycles. The fourth-order valence-corrected chi connectivity index (χ4v) is 10.2. The molecule has 0 radical (unpaired) electrons. The minimum absolute atomic E-state index is 0.0619. The van der Waals surface area contributed by atoms with Gasteiger partial charge in [-0.15, -0.1) is 0 Å². The van der Waals surface area contributed by atoms with Crippen LogP contribution < -0.4 is 25.6 Å². The van der Waals surface area contributed by atoms with Crippen LogP contribution in [0.5, 0.6) is 0 Å². The largest absolute Gasteiger partial charge is 0.315 e. The highest BCUT2D eigenvalue weighted by Crippen LogP contribution is 2.49. The summed E-state index contributed by atoms with van der Waals surface area (Å²) < 4.78 is 2.43. The molecule has 0 fully saturated rings. The molecule has 9 aromatic rings. The maximum atomic E-state index is 2.60. The molecule has 4 nitrogen and oxygen atoms in total. The zero-order chi connectivity index (χ0) is 39.7. The Balaban J connectivity index is 1.11. The predicted molar refractivity (Wildman–Crippen MR) is 254 cm³/mol. The van der Waals surface area contributed by atoms with Crippen LogP contribution in [0.3, 0.4) is 0 Å². The number of para-hydroxylation sites is 5. The first kappa shape index (κ1) is 34.5. The highest BCUT2D eigenvalue weighted by atomic mass is 15.2. The van der Waals surface area contributed by atoms with E-state index in [-0.39, 0.29) is 6.71 Å². The SMILES string of the molecule is CC1CC=CC2=C1N(c1ccc3c4ccccc4n(-c4ccccc4)c3c1)c1cccc3c1B2c1ccc(N(c2ccccc2)c2ccccc2)cc1N3c1ccccc1. The van der Waals surface area contributed by atoms with E-state index >= 15 is 0 Å². The van der Waals surface area contributed by atoms with Crippen molar-refractivity contribution in [1.82, 2.24) is 4.57 Å². The maximum Gasteiger partial charge on any atom is 0.251 e. The molecule has 0 N–H and O–H groups in total. The highest BCUT2D eigenvalue weighted by Gasteiger charge is 2.45. The third kappa shape index (κ3) is 5.25. The molecule has 284 valence electrons. The Morgan fingerprint density at radius 1 is 0.483 bits per heavy atom. The lowest BCUT2D eigenvalue weighted by molar-refractivity contribution is 0.666. The van der Waals surface area contributed by atoms with Crippen LogP contribution in [-0.4, -0.2) is 11.3 Å². The van der Waals surface area contributed by atoms with E-state index < -0.39 is 0 Å². The second kappa shape index (κ2) is 13.8. The molecule has 60 heavy (non-hydrogen) atoms. The van der Waals surface area contributed by atoms with Crippen molar-refractivity contribution in [3.05, 3.63) is 224 Å². The molecule has 3 heterocycles. The maximum absolute atomic E-state index is 2.60. The van der Waals surface area contributed by atoms with Crippen LogP contribution in [-0.2, 0) is 0 Å². The van der Waals surface area contributed by atoms with Gasteiger partial charge in [-0.2, -0.15) is 0 Å². The molecule has 0 saturated carbocycles. The van der Waals surface area contributed by atoms with Crippen LogP contribution in [0.4, 0.5) is 45.5 Å². The molecule has 0 spiro atoms. The van der Waals surface area contributed by atoms with Crippen LogP contribution in [0.1, 0.15) is 13.3 Å². The van der Waals surface area contributed by atoms with Crippen molar-refractivity contribution in [2.24, 2.45) is 5.92 Å². The van der Waals surface area contributed by atoms with Gasteiger partial charge in [-0.25, -0.2) is 0 Å². The summed E-state index contributed by atoms with van der Waals surface area (Å²) in [6.45, 7) is 2.47. The van der Waals surface area contributed by atoms with E-state index in [2.05, 4.69) is 239 Å². The van der Waals surface area contributed by atoms with E-state index in [0.29, 0.717) is 5.92 Å². The Hall–Kier alpha value is -7.50. The number of aromatic nitrogens is 1. The molecule has 3 aliphatic rings. The number of allylic oxidation sites excluding steroid dienone is 4. The minimum atomic E-state index is 0.0619. The summed E-state index contributed by atoms with van der Waals surface area (Å²) in [6, 6.07) is 73.1. The third-order valence-corrected chi connectivity index (χ3v) is 12.7. The smallest absolute Gasteiger partial charge is 0.251 e. The van der Waals surface area contributed by atoms with E-state index in [0.717, 1.165) is 34.9 Å². The van der Waals surface area contributed by atoms with Gasteiger partial charge < -0.3 is 19.3 Å². The van der Waals surface area contributed by atoms with Gasteiger partial charge in [-0.1, -0.05) is 128 Å². The van der Waals surface area contributed by atoms with Gasteiger partial charge in [0.05, 0.1) is 11.0 Å². The van der Waals surface area contributed by atoms with Crippen LogP contribution in [0.15, 0.2) is 224 Å². The fourth-order valence-electron chi connectivity index (χ4n) is 10.2. The Bertz CT molecular complexity index is 3110. The number of rotatable bonds is 6. The normalized spacial score (nSPS) is 15.3. The van der Waals surface area contributed by atoms with Crippen LogP contribution >= 0.6 is 0 Å². The first-order valence-electron chi connectivity index (χ1n) is 21.0. The lowest BCUT2D eigenvalue weighted by Gasteiger charge is -2.47. The quantitative estimate of drug-likeness (QED) is 0.157. The van der Waals surface area contributed by atoms with E-state index in [1.54, 1.807) is 0 Å². The molecule has 0 bridgehead atoms. The van der Waals surface area contributed by atoms with E-state index in [4.69, 9.17) is 0 Å². The van der Waals surface area contributed by atoms with Crippen molar-refractivity contribution >= 4 is 84.9 Å². The van der Waals surface area contributed by atoms with E-state index in [9.17, 15) is 0 Å². The number of benzene rings is 8. The van der Waals surface area contributed by atoms with Crippen LogP contribution in [0.25, 0.3) is 27.5 Å². The number of anilines is 8. The predicted octanol–water partition coefficient (Wildman–Crippen LogP) is 13.2. The second-order valence-corrected chi connectivity index (χ2v) is 16.2. The number of fused-ring (bicyclic) bond motifs is 6. The van der Waals surface area contributed by atoms with Gasteiger partial charge in [-0.05, 0) is 120 Å².